The maximum Gasteiger partial charge on any atom is 0.133 e. The van der Waals surface area contributed by atoms with Crippen molar-refractivity contribution >= 4 is 5.82 Å². The topological polar surface area (TPSA) is 31.4 Å². The predicted molar refractivity (Wildman–Crippen MR) is 89.7 cm³/mol. The van der Waals surface area contributed by atoms with E-state index >= 15 is 0 Å². The fourth-order valence-electron chi connectivity index (χ4n) is 3.01. The standard InChI is InChI=1S/C17H30N4/c1-14(2)11-18-12-15-7-5-9-19-17(15)21(4)16-8-6-10-20(3)13-16/h5,7,9,14,16,18H,6,8,10-13H2,1-4H3. The van der Waals surface area contributed by atoms with Crippen LogP contribution in [0.25, 0.3) is 0 Å². The first-order valence-electron chi connectivity index (χ1n) is 8.14. The lowest BCUT2D eigenvalue weighted by molar-refractivity contribution is 0.247. The summed E-state index contributed by atoms with van der Waals surface area (Å²) < 4.78 is 0. The van der Waals surface area contributed by atoms with Gasteiger partial charge in [-0.2, -0.15) is 0 Å². The number of hydrogen-bond acceptors (Lipinski definition) is 4. The van der Waals surface area contributed by atoms with E-state index in [1.54, 1.807) is 0 Å². The molecule has 1 aliphatic heterocycles. The highest BCUT2D eigenvalue weighted by molar-refractivity contribution is 5.47. The van der Waals surface area contributed by atoms with Gasteiger partial charge in [0.15, 0.2) is 0 Å². The maximum absolute atomic E-state index is 4.64. The molecule has 1 N–H and O–H groups in total. The smallest absolute Gasteiger partial charge is 0.133 e. The molecule has 1 fully saturated rings. The molecule has 1 unspecified atom stereocenters. The van der Waals surface area contributed by atoms with Gasteiger partial charge in [0.25, 0.3) is 0 Å². The van der Waals surface area contributed by atoms with E-state index in [-0.39, 0.29) is 0 Å². The summed E-state index contributed by atoms with van der Waals surface area (Å²) in [6.45, 7) is 8.77. The van der Waals surface area contributed by atoms with Gasteiger partial charge < -0.3 is 15.1 Å². The minimum Gasteiger partial charge on any atom is -0.355 e. The van der Waals surface area contributed by atoms with Gasteiger partial charge in [-0.05, 0) is 45.0 Å². The largest absolute Gasteiger partial charge is 0.355 e. The normalized spacial score (nSPS) is 20.0. The highest BCUT2D eigenvalue weighted by atomic mass is 15.2. The van der Waals surface area contributed by atoms with Crippen LogP contribution in [-0.2, 0) is 6.54 Å². The number of nitrogens with zero attached hydrogens (tertiary/aromatic N) is 3. The molecule has 0 amide bonds. The number of aromatic nitrogens is 1. The van der Waals surface area contributed by atoms with Crippen molar-refractivity contribution in [1.29, 1.82) is 0 Å². The summed E-state index contributed by atoms with van der Waals surface area (Å²) in [5.74, 6) is 1.81. The van der Waals surface area contributed by atoms with Crippen molar-refractivity contribution in [3.63, 3.8) is 0 Å². The molecule has 1 saturated heterocycles. The number of hydrogen-bond donors (Lipinski definition) is 1. The summed E-state index contributed by atoms with van der Waals surface area (Å²) in [7, 11) is 4.40. The van der Waals surface area contributed by atoms with Crippen LogP contribution in [0.1, 0.15) is 32.3 Å². The van der Waals surface area contributed by atoms with E-state index in [1.807, 2.05) is 12.3 Å². The molecule has 1 aromatic heterocycles. The highest BCUT2D eigenvalue weighted by Gasteiger charge is 2.23. The second-order valence-electron chi connectivity index (χ2n) is 6.68. The Hall–Kier alpha value is -1.13. The summed E-state index contributed by atoms with van der Waals surface area (Å²) in [6, 6.07) is 4.80. The number of pyridine rings is 1. The summed E-state index contributed by atoms with van der Waals surface area (Å²) in [5, 5.41) is 3.53. The van der Waals surface area contributed by atoms with E-state index in [0.717, 1.165) is 25.5 Å². The number of rotatable bonds is 6. The summed E-state index contributed by atoms with van der Waals surface area (Å²) >= 11 is 0. The van der Waals surface area contributed by atoms with Gasteiger partial charge in [0, 0.05) is 37.9 Å². The van der Waals surface area contributed by atoms with E-state index in [0.29, 0.717) is 12.0 Å². The molecule has 1 atom stereocenters. The Morgan fingerprint density at radius 1 is 1.48 bits per heavy atom. The quantitative estimate of drug-likeness (QED) is 0.871. The zero-order valence-electron chi connectivity index (χ0n) is 14.0. The van der Waals surface area contributed by atoms with Gasteiger partial charge >= 0.3 is 0 Å². The molecule has 0 saturated carbocycles. The van der Waals surface area contributed by atoms with Crippen LogP contribution in [0.5, 0.6) is 0 Å². The molecule has 2 rings (SSSR count). The minimum atomic E-state index is 0.572. The van der Waals surface area contributed by atoms with Crippen molar-refractivity contribution in [2.24, 2.45) is 5.92 Å². The van der Waals surface area contributed by atoms with Crippen molar-refractivity contribution < 1.29 is 0 Å². The van der Waals surface area contributed by atoms with Crippen molar-refractivity contribution in [1.82, 2.24) is 15.2 Å². The Kier molecular flexibility index (Phi) is 6.00. The number of piperidine rings is 1. The molecule has 0 aromatic carbocycles. The van der Waals surface area contributed by atoms with Crippen LogP contribution in [-0.4, -0.2) is 49.7 Å². The van der Waals surface area contributed by atoms with Crippen LogP contribution in [0.15, 0.2) is 18.3 Å². The zero-order chi connectivity index (χ0) is 15.2. The Bertz CT molecular complexity index is 433. The zero-order valence-corrected chi connectivity index (χ0v) is 14.0. The van der Waals surface area contributed by atoms with Crippen LogP contribution in [0, 0.1) is 5.92 Å². The molecule has 2 heterocycles. The van der Waals surface area contributed by atoms with E-state index in [1.165, 1.54) is 24.9 Å². The fourth-order valence-corrected chi connectivity index (χ4v) is 3.01. The van der Waals surface area contributed by atoms with Gasteiger partial charge in [-0.1, -0.05) is 19.9 Å². The number of likely N-dealkylation sites (tertiary alicyclic amines) is 1. The van der Waals surface area contributed by atoms with Crippen LogP contribution < -0.4 is 10.2 Å². The fraction of sp³-hybridized carbons (Fsp3) is 0.706. The maximum atomic E-state index is 4.64. The molecule has 118 valence electrons. The average molecular weight is 290 g/mol. The van der Waals surface area contributed by atoms with Gasteiger partial charge in [0.2, 0.25) is 0 Å². The summed E-state index contributed by atoms with van der Waals surface area (Å²) in [6.07, 6.45) is 4.44. The third-order valence-corrected chi connectivity index (χ3v) is 4.22. The van der Waals surface area contributed by atoms with Crippen LogP contribution in [0.4, 0.5) is 5.82 Å². The molecule has 4 nitrogen and oxygen atoms in total. The van der Waals surface area contributed by atoms with E-state index in [4.69, 9.17) is 0 Å². The van der Waals surface area contributed by atoms with E-state index in [9.17, 15) is 0 Å². The third-order valence-electron chi connectivity index (χ3n) is 4.22. The Morgan fingerprint density at radius 3 is 3.00 bits per heavy atom. The van der Waals surface area contributed by atoms with E-state index < -0.39 is 0 Å². The Balaban J connectivity index is 2.03. The monoisotopic (exact) mass is 290 g/mol. The lowest BCUT2D eigenvalue weighted by Gasteiger charge is -2.37. The molecule has 4 heteroatoms. The van der Waals surface area contributed by atoms with Gasteiger partial charge in [0.05, 0.1) is 0 Å². The molecule has 1 aliphatic rings. The average Bonchev–Trinajstić information content (AvgIpc) is 2.47. The van der Waals surface area contributed by atoms with Gasteiger partial charge in [-0.15, -0.1) is 0 Å². The van der Waals surface area contributed by atoms with Crippen molar-refractivity contribution in [2.75, 3.05) is 38.6 Å². The second-order valence-corrected chi connectivity index (χ2v) is 6.68. The number of nitrogens with one attached hydrogen (secondary N) is 1. The molecular formula is C17H30N4. The highest BCUT2D eigenvalue weighted by Crippen LogP contribution is 2.22. The van der Waals surface area contributed by atoms with Gasteiger partial charge in [0.1, 0.15) is 5.82 Å². The first kappa shape index (κ1) is 16.2. The summed E-state index contributed by atoms with van der Waals surface area (Å²) in [5.41, 5.74) is 1.30. The van der Waals surface area contributed by atoms with Gasteiger partial charge in [-0.25, -0.2) is 4.98 Å². The Labute approximate surface area is 129 Å². The van der Waals surface area contributed by atoms with Gasteiger partial charge in [-0.3, -0.25) is 0 Å². The number of likely N-dealkylation sites (N-methyl/N-ethyl adjacent to an activating group) is 2. The third kappa shape index (κ3) is 4.68. The lowest BCUT2D eigenvalue weighted by atomic mass is 10.0. The van der Waals surface area contributed by atoms with Crippen LogP contribution in [0.3, 0.4) is 0 Å². The van der Waals surface area contributed by atoms with Crippen LogP contribution in [0.2, 0.25) is 0 Å². The number of anilines is 1. The molecule has 0 radical (unpaired) electrons. The Morgan fingerprint density at radius 2 is 2.29 bits per heavy atom. The van der Waals surface area contributed by atoms with Crippen molar-refractivity contribution in [3.8, 4) is 0 Å². The molecule has 0 aliphatic carbocycles. The molecule has 1 aromatic rings. The van der Waals surface area contributed by atoms with Crippen LogP contribution >= 0.6 is 0 Å². The first-order valence-corrected chi connectivity index (χ1v) is 8.14. The minimum absolute atomic E-state index is 0.572. The molecule has 0 spiro atoms. The predicted octanol–water partition coefficient (Wildman–Crippen LogP) is 2.36. The van der Waals surface area contributed by atoms with Crippen molar-refractivity contribution in [3.05, 3.63) is 23.9 Å². The van der Waals surface area contributed by atoms with Crippen molar-refractivity contribution in [2.45, 2.75) is 39.3 Å². The molecule has 21 heavy (non-hydrogen) atoms. The second kappa shape index (κ2) is 7.76. The lowest BCUT2D eigenvalue weighted by Crippen LogP contribution is -2.45. The SMILES string of the molecule is CC(C)CNCc1cccnc1N(C)C1CCCN(C)C1. The molecule has 0 bridgehead atoms. The summed E-state index contributed by atoms with van der Waals surface area (Å²) in [4.78, 5) is 9.44. The van der Waals surface area contributed by atoms with E-state index in [2.05, 4.69) is 54.1 Å². The molecular weight excluding hydrogens is 260 g/mol. The first-order chi connectivity index (χ1) is 10.1.